The van der Waals surface area contributed by atoms with Crippen molar-refractivity contribution in [1.29, 1.82) is 0 Å². The zero-order valence-electron chi connectivity index (χ0n) is 8.46. The summed E-state index contributed by atoms with van der Waals surface area (Å²) in [6.45, 7) is 2.66. The van der Waals surface area contributed by atoms with Gasteiger partial charge in [0.1, 0.15) is 10.8 Å². The molecular weight excluding hydrogens is 358 g/mol. The van der Waals surface area contributed by atoms with Gasteiger partial charge in [-0.05, 0) is 44.3 Å². The molecule has 0 atom stereocenters. The van der Waals surface area contributed by atoms with Gasteiger partial charge < -0.3 is 9.73 Å². The summed E-state index contributed by atoms with van der Waals surface area (Å²) in [5.41, 5.74) is 0. The normalized spacial score (nSPS) is 10.7. The minimum Gasteiger partial charge on any atom is -0.451 e. The van der Waals surface area contributed by atoms with Crippen LogP contribution in [0.1, 0.15) is 17.7 Å². The maximum atomic E-state index is 5.43. The second-order valence-electron chi connectivity index (χ2n) is 3.04. The standard InChI is InChI=1S/C9H9Br2N3OS/c1-2-7-13-14-9(16-7)12-4-5-3-6(10)8(11)15-5/h3H,2,4H2,1H3,(H,12,14). The van der Waals surface area contributed by atoms with Crippen LogP contribution in [0.3, 0.4) is 0 Å². The zero-order valence-corrected chi connectivity index (χ0v) is 12.4. The predicted octanol–water partition coefficient (Wildman–Crippen LogP) is 3.83. The molecule has 0 aliphatic heterocycles. The number of hydrogen-bond acceptors (Lipinski definition) is 5. The summed E-state index contributed by atoms with van der Waals surface area (Å²) in [5, 5.41) is 13.1. The quantitative estimate of drug-likeness (QED) is 0.893. The van der Waals surface area contributed by atoms with E-state index in [-0.39, 0.29) is 0 Å². The molecule has 0 aromatic carbocycles. The van der Waals surface area contributed by atoms with Gasteiger partial charge in [0.05, 0.1) is 11.0 Å². The van der Waals surface area contributed by atoms with Gasteiger partial charge in [0, 0.05) is 0 Å². The number of rotatable bonds is 4. The van der Waals surface area contributed by atoms with Crippen LogP contribution >= 0.6 is 43.2 Å². The molecule has 0 saturated heterocycles. The number of halogens is 2. The van der Waals surface area contributed by atoms with Gasteiger partial charge in [-0.25, -0.2) is 0 Å². The molecule has 0 saturated carbocycles. The molecule has 0 aliphatic carbocycles. The molecular formula is C9H9Br2N3OS. The SMILES string of the molecule is CCc1nnc(NCc2cc(Br)c(Br)o2)s1. The first-order valence-electron chi connectivity index (χ1n) is 4.69. The summed E-state index contributed by atoms with van der Waals surface area (Å²) < 4.78 is 7.05. The Morgan fingerprint density at radius 3 is 2.81 bits per heavy atom. The molecule has 1 N–H and O–H groups in total. The highest BCUT2D eigenvalue weighted by atomic mass is 79.9. The van der Waals surface area contributed by atoms with Crippen molar-refractivity contribution in [2.24, 2.45) is 0 Å². The van der Waals surface area contributed by atoms with Gasteiger partial charge in [0.15, 0.2) is 4.67 Å². The molecule has 7 heteroatoms. The Morgan fingerprint density at radius 1 is 1.44 bits per heavy atom. The van der Waals surface area contributed by atoms with Crippen molar-refractivity contribution in [3.05, 3.63) is 26.0 Å². The Balaban J connectivity index is 1.96. The van der Waals surface area contributed by atoms with Crippen molar-refractivity contribution >= 4 is 48.3 Å². The fraction of sp³-hybridized carbons (Fsp3) is 0.333. The minimum absolute atomic E-state index is 0.600. The Labute approximate surface area is 114 Å². The highest BCUT2D eigenvalue weighted by molar-refractivity contribution is 9.13. The molecule has 2 heterocycles. The van der Waals surface area contributed by atoms with Crippen LogP contribution in [0.4, 0.5) is 5.13 Å². The Kier molecular flexibility index (Phi) is 3.99. The van der Waals surface area contributed by atoms with E-state index in [1.54, 1.807) is 11.3 Å². The number of furan rings is 1. The third-order valence-electron chi connectivity index (χ3n) is 1.88. The molecule has 2 aromatic heterocycles. The smallest absolute Gasteiger partial charge is 0.206 e. The summed E-state index contributed by atoms with van der Waals surface area (Å²) in [5.74, 6) is 0.840. The Morgan fingerprint density at radius 2 is 2.25 bits per heavy atom. The number of anilines is 1. The molecule has 0 unspecified atom stereocenters. The van der Waals surface area contributed by atoms with Crippen LogP contribution in [0.2, 0.25) is 0 Å². The molecule has 0 bridgehead atoms. The van der Waals surface area contributed by atoms with Gasteiger partial charge in [-0.15, -0.1) is 10.2 Å². The number of nitrogens with zero attached hydrogens (tertiary/aromatic N) is 2. The largest absolute Gasteiger partial charge is 0.451 e. The second-order valence-corrected chi connectivity index (χ2v) is 5.68. The second kappa shape index (κ2) is 5.29. The molecule has 0 amide bonds. The summed E-state index contributed by atoms with van der Waals surface area (Å²) in [4.78, 5) is 0. The maximum Gasteiger partial charge on any atom is 0.206 e. The number of aryl methyl sites for hydroxylation is 1. The average molecular weight is 367 g/mol. The first-order chi connectivity index (χ1) is 7.69. The van der Waals surface area contributed by atoms with E-state index in [9.17, 15) is 0 Å². The third kappa shape index (κ3) is 2.83. The van der Waals surface area contributed by atoms with E-state index in [2.05, 4.69) is 54.3 Å². The summed E-state index contributed by atoms with van der Waals surface area (Å²) >= 11 is 8.22. The monoisotopic (exact) mass is 365 g/mol. The number of nitrogens with one attached hydrogen (secondary N) is 1. The van der Waals surface area contributed by atoms with Crippen molar-refractivity contribution < 1.29 is 4.42 Å². The van der Waals surface area contributed by atoms with Gasteiger partial charge >= 0.3 is 0 Å². The van der Waals surface area contributed by atoms with E-state index >= 15 is 0 Å². The van der Waals surface area contributed by atoms with Gasteiger partial charge in [-0.3, -0.25) is 0 Å². The maximum absolute atomic E-state index is 5.43. The Hall–Kier alpha value is -0.400. The first kappa shape index (κ1) is 12.1. The van der Waals surface area contributed by atoms with Crippen molar-refractivity contribution in [3.8, 4) is 0 Å². The molecule has 16 heavy (non-hydrogen) atoms. The van der Waals surface area contributed by atoms with Gasteiger partial charge in [-0.1, -0.05) is 18.3 Å². The highest BCUT2D eigenvalue weighted by Gasteiger charge is 2.07. The van der Waals surface area contributed by atoms with E-state index in [1.165, 1.54) is 0 Å². The topological polar surface area (TPSA) is 51.0 Å². The molecule has 2 aromatic rings. The predicted molar refractivity (Wildman–Crippen MR) is 70.7 cm³/mol. The van der Waals surface area contributed by atoms with Crippen LogP contribution in [0.15, 0.2) is 19.6 Å². The molecule has 0 fully saturated rings. The van der Waals surface area contributed by atoms with Crippen molar-refractivity contribution in [2.45, 2.75) is 19.9 Å². The summed E-state index contributed by atoms with van der Waals surface area (Å²) in [6.07, 6.45) is 0.914. The van der Waals surface area contributed by atoms with Crippen molar-refractivity contribution in [1.82, 2.24) is 10.2 Å². The first-order valence-corrected chi connectivity index (χ1v) is 7.09. The van der Waals surface area contributed by atoms with E-state index in [0.717, 1.165) is 26.8 Å². The van der Waals surface area contributed by atoms with Gasteiger partial charge in [0.25, 0.3) is 0 Å². The lowest BCUT2D eigenvalue weighted by atomic mass is 10.4. The molecule has 0 radical (unpaired) electrons. The Bertz CT molecular complexity index is 463. The van der Waals surface area contributed by atoms with E-state index in [4.69, 9.17) is 4.42 Å². The van der Waals surface area contributed by atoms with Crippen LogP contribution < -0.4 is 5.32 Å². The van der Waals surface area contributed by atoms with Crippen LogP contribution in [-0.4, -0.2) is 10.2 Å². The van der Waals surface area contributed by atoms with Crippen LogP contribution in [0.25, 0.3) is 0 Å². The number of hydrogen-bond donors (Lipinski definition) is 1. The summed E-state index contributed by atoms with van der Waals surface area (Å²) in [7, 11) is 0. The highest BCUT2D eigenvalue weighted by Crippen LogP contribution is 2.27. The van der Waals surface area contributed by atoms with Crippen LogP contribution in [-0.2, 0) is 13.0 Å². The fourth-order valence-corrected chi connectivity index (χ4v) is 2.44. The zero-order chi connectivity index (χ0) is 11.5. The molecule has 2 rings (SSSR count). The van der Waals surface area contributed by atoms with E-state index < -0.39 is 0 Å². The molecule has 4 nitrogen and oxygen atoms in total. The van der Waals surface area contributed by atoms with Crippen molar-refractivity contribution in [3.63, 3.8) is 0 Å². The summed E-state index contributed by atoms with van der Waals surface area (Å²) in [6, 6.07) is 1.92. The van der Waals surface area contributed by atoms with E-state index in [0.29, 0.717) is 11.2 Å². The average Bonchev–Trinajstić information content (AvgIpc) is 2.84. The van der Waals surface area contributed by atoms with Gasteiger partial charge in [-0.2, -0.15) is 0 Å². The minimum atomic E-state index is 0.600. The third-order valence-corrected chi connectivity index (χ3v) is 4.61. The fourth-order valence-electron chi connectivity index (χ4n) is 1.11. The lowest BCUT2D eigenvalue weighted by Crippen LogP contribution is -1.97. The van der Waals surface area contributed by atoms with Crippen molar-refractivity contribution in [2.75, 3.05) is 5.32 Å². The lowest BCUT2D eigenvalue weighted by molar-refractivity contribution is 0.494. The lowest BCUT2D eigenvalue weighted by Gasteiger charge is -1.96. The van der Waals surface area contributed by atoms with Crippen LogP contribution in [0.5, 0.6) is 0 Å². The molecule has 0 spiro atoms. The number of aromatic nitrogens is 2. The van der Waals surface area contributed by atoms with Crippen LogP contribution in [0, 0.1) is 0 Å². The van der Waals surface area contributed by atoms with E-state index in [1.807, 2.05) is 6.07 Å². The van der Waals surface area contributed by atoms with Gasteiger partial charge in [0.2, 0.25) is 5.13 Å². The molecule has 0 aliphatic rings. The molecule has 86 valence electrons.